The molecule has 3 aromatic heterocycles. The molecule has 0 saturated heterocycles. The normalized spacial score (nSPS) is 17.8. The van der Waals surface area contributed by atoms with Crippen molar-refractivity contribution in [3.8, 4) is 11.3 Å². The van der Waals surface area contributed by atoms with Gasteiger partial charge in [0.25, 0.3) is 5.91 Å². The number of nitrogen functional groups attached to an aromatic ring is 1. The Morgan fingerprint density at radius 3 is 2.60 bits per heavy atom. The van der Waals surface area contributed by atoms with Crippen molar-refractivity contribution < 1.29 is 22.8 Å². The van der Waals surface area contributed by atoms with Crippen LogP contribution in [-0.4, -0.2) is 37.6 Å². The average molecular weight is 620 g/mol. The van der Waals surface area contributed by atoms with E-state index in [-0.39, 0.29) is 23.3 Å². The van der Waals surface area contributed by atoms with Gasteiger partial charge in [0.05, 0.1) is 16.5 Å². The zero-order chi connectivity index (χ0) is 32.0. The fourth-order valence-electron chi connectivity index (χ4n) is 5.42. The van der Waals surface area contributed by atoms with Gasteiger partial charge in [-0.1, -0.05) is 43.5 Å². The Labute approximate surface area is 259 Å². The standard InChI is InChI=1S/C33H36F3N7O2/c1-21-16-18-43-30-24(9-7-5-3-2-4-6-8-10-27(44)40-21)20-39-31(37)28(30)29(42-43)22-11-13-23(14-12-22)32(45)41-26-19-25(15-17-38-26)33(34,35)36/h7,9,11-15,17,19-21H,2-6,8,10,16,18H2,1H3,(H2,37,39)(H,40,44)(H,38,41,45)/b9-7+/t21-/m1/s1. The Morgan fingerprint density at radius 1 is 1.07 bits per heavy atom. The van der Waals surface area contributed by atoms with Gasteiger partial charge in [0.1, 0.15) is 17.3 Å². The maximum absolute atomic E-state index is 13.1. The molecule has 5 rings (SSSR count). The lowest BCUT2D eigenvalue weighted by molar-refractivity contribution is -0.137. The number of nitrogens with zero attached hydrogens (tertiary/aromatic N) is 4. The summed E-state index contributed by atoms with van der Waals surface area (Å²) in [4.78, 5) is 33.6. The van der Waals surface area contributed by atoms with Gasteiger partial charge in [-0.3, -0.25) is 14.3 Å². The number of amides is 2. The molecule has 0 aliphatic carbocycles. The van der Waals surface area contributed by atoms with Crippen molar-refractivity contribution in [2.45, 2.75) is 77.1 Å². The minimum absolute atomic E-state index is 0.0570. The molecule has 4 heterocycles. The summed E-state index contributed by atoms with van der Waals surface area (Å²) >= 11 is 0. The molecule has 1 aromatic carbocycles. The zero-order valence-electron chi connectivity index (χ0n) is 25.0. The second-order valence-electron chi connectivity index (χ2n) is 11.3. The third kappa shape index (κ3) is 7.86. The number of nitrogens with one attached hydrogen (secondary N) is 2. The summed E-state index contributed by atoms with van der Waals surface area (Å²) < 4.78 is 41.1. The van der Waals surface area contributed by atoms with Gasteiger partial charge in [0.2, 0.25) is 5.91 Å². The van der Waals surface area contributed by atoms with Crippen LogP contribution in [0.5, 0.6) is 0 Å². The highest BCUT2D eigenvalue weighted by Crippen LogP contribution is 2.34. The minimum atomic E-state index is -4.55. The molecule has 0 saturated carbocycles. The van der Waals surface area contributed by atoms with Gasteiger partial charge in [-0.2, -0.15) is 18.3 Å². The number of pyridine rings is 2. The zero-order valence-corrected chi connectivity index (χ0v) is 25.0. The van der Waals surface area contributed by atoms with E-state index in [0.29, 0.717) is 41.8 Å². The van der Waals surface area contributed by atoms with Gasteiger partial charge in [-0.05, 0) is 56.9 Å². The average Bonchev–Trinajstić information content (AvgIpc) is 3.40. The van der Waals surface area contributed by atoms with Crippen LogP contribution in [0.15, 0.2) is 54.9 Å². The van der Waals surface area contributed by atoms with E-state index >= 15 is 0 Å². The lowest BCUT2D eigenvalue weighted by Crippen LogP contribution is -2.33. The lowest BCUT2D eigenvalue weighted by atomic mass is 10.0. The first-order valence-corrected chi connectivity index (χ1v) is 15.2. The highest BCUT2D eigenvalue weighted by Gasteiger charge is 2.31. The molecule has 0 unspecified atom stereocenters. The van der Waals surface area contributed by atoms with Gasteiger partial charge in [0, 0.05) is 48.1 Å². The summed E-state index contributed by atoms with van der Waals surface area (Å²) in [5, 5.41) is 11.1. The van der Waals surface area contributed by atoms with Crippen LogP contribution in [0, 0.1) is 0 Å². The molecule has 4 aromatic rings. The molecule has 1 atom stereocenters. The molecule has 45 heavy (non-hydrogen) atoms. The predicted octanol–water partition coefficient (Wildman–Crippen LogP) is 7.00. The molecule has 4 N–H and O–H groups in total. The van der Waals surface area contributed by atoms with Gasteiger partial charge >= 0.3 is 6.18 Å². The number of aromatic nitrogens is 4. The molecule has 9 nitrogen and oxygen atoms in total. The van der Waals surface area contributed by atoms with E-state index in [2.05, 4.69) is 32.8 Å². The van der Waals surface area contributed by atoms with E-state index in [4.69, 9.17) is 10.8 Å². The molecule has 2 amide bonds. The molecule has 0 bridgehead atoms. The van der Waals surface area contributed by atoms with Crippen molar-refractivity contribution in [3.05, 3.63) is 71.6 Å². The molecule has 0 fully saturated rings. The number of carbonyl (C=O) groups is 2. The predicted molar refractivity (Wildman–Crippen MR) is 168 cm³/mol. The van der Waals surface area contributed by atoms with Crippen LogP contribution >= 0.6 is 0 Å². The first-order valence-electron chi connectivity index (χ1n) is 15.2. The van der Waals surface area contributed by atoms with Crippen molar-refractivity contribution in [1.82, 2.24) is 25.1 Å². The van der Waals surface area contributed by atoms with E-state index in [1.165, 1.54) is 0 Å². The first-order chi connectivity index (χ1) is 21.6. The highest BCUT2D eigenvalue weighted by atomic mass is 19.4. The number of hydrogen-bond donors (Lipinski definition) is 3. The maximum atomic E-state index is 13.1. The van der Waals surface area contributed by atoms with Crippen LogP contribution in [0.4, 0.5) is 24.8 Å². The van der Waals surface area contributed by atoms with Crippen molar-refractivity contribution in [3.63, 3.8) is 0 Å². The van der Waals surface area contributed by atoms with E-state index in [9.17, 15) is 22.8 Å². The van der Waals surface area contributed by atoms with Crippen LogP contribution in [0.1, 0.15) is 79.8 Å². The van der Waals surface area contributed by atoms with Crippen molar-refractivity contribution >= 4 is 40.4 Å². The number of benzene rings is 1. The Morgan fingerprint density at radius 2 is 1.82 bits per heavy atom. The summed E-state index contributed by atoms with van der Waals surface area (Å²) in [6, 6.07) is 8.13. The van der Waals surface area contributed by atoms with E-state index in [1.807, 2.05) is 11.6 Å². The lowest BCUT2D eigenvalue weighted by Gasteiger charge is -2.14. The number of rotatable bonds is 3. The summed E-state index contributed by atoms with van der Waals surface area (Å²) in [6.07, 6.45) is 9.66. The van der Waals surface area contributed by atoms with Crippen LogP contribution < -0.4 is 16.4 Å². The number of carbonyl (C=O) groups excluding carboxylic acids is 2. The van der Waals surface area contributed by atoms with Gasteiger partial charge in [-0.25, -0.2) is 9.97 Å². The second kappa shape index (κ2) is 13.9. The minimum Gasteiger partial charge on any atom is -0.383 e. The number of hydrogen-bond acceptors (Lipinski definition) is 6. The summed E-state index contributed by atoms with van der Waals surface area (Å²) in [7, 11) is 0. The van der Waals surface area contributed by atoms with Gasteiger partial charge in [-0.15, -0.1) is 0 Å². The van der Waals surface area contributed by atoms with Crippen LogP contribution in [-0.2, 0) is 17.5 Å². The first kappa shape index (κ1) is 31.7. The summed E-state index contributed by atoms with van der Waals surface area (Å²) in [5.74, 6) is -0.437. The molecule has 1 aliphatic heterocycles. The Kier molecular flexibility index (Phi) is 9.80. The van der Waals surface area contributed by atoms with E-state index < -0.39 is 17.6 Å². The maximum Gasteiger partial charge on any atom is 0.416 e. The van der Waals surface area contributed by atoms with Crippen LogP contribution in [0.25, 0.3) is 28.2 Å². The second-order valence-corrected chi connectivity index (χ2v) is 11.3. The number of halogens is 3. The Hall–Kier alpha value is -4.74. The monoisotopic (exact) mass is 619 g/mol. The SMILES string of the molecule is C[C@@H]1CCn2nc(-c3ccc(C(=O)Nc4cc(C(F)(F)F)ccn4)cc3)c3c(N)ncc(c32)/C=C/CCCCCCCC(=O)N1. The molecule has 0 spiro atoms. The number of anilines is 2. The molecule has 0 radical (unpaired) electrons. The Balaban J connectivity index is 1.45. The molecule has 1 aliphatic rings. The molecular formula is C33H36F3N7O2. The Bertz CT molecular complexity index is 1700. The quantitative estimate of drug-likeness (QED) is 0.227. The third-order valence-corrected chi connectivity index (χ3v) is 7.83. The largest absolute Gasteiger partial charge is 0.416 e. The van der Waals surface area contributed by atoms with E-state index in [0.717, 1.165) is 67.9 Å². The van der Waals surface area contributed by atoms with Gasteiger partial charge in [0.15, 0.2) is 0 Å². The number of alkyl halides is 3. The number of nitrogens with two attached hydrogens (primary N) is 1. The van der Waals surface area contributed by atoms with Crippen LogP contribution in [0.3, 0.4) is 0 Å². The number of allylic oxidation sites excluding steroid dienone is 1. The summed E-state index contributed by atoms with van der Waals surface area (Å²) in [6.45, 7) is 2.50. The fourth-order valence-corrected chi connectivity index (χ4v) is 5.42. The summed E-state index contributed by atoms with van der Waals surface area (Å²) in [5.41, 5.74) is 8.73. The molecular weight excluding hydrogens is 583 g/mol. The van der Waals surface area contributed by atoms with Crippen molar-refractivity contribution in [1.29, 1.82) is 0 Å². The van der Waals surface area contributed by atoms with E-state index in [1.54, 1.807) is 30.5 Å². The van der Waals surface area contributed by atoms with Crippen LogP contribution in [0.2, 0.25) is 0 Å². The van der Waals surface area contributed by atoms with Gasteiger partial charge < -0.3 is 16.4 Å². The molecule has 12 heteroatoms. The third-order valence-electron chi connectivity index (χ3n) is 7.83. The molecule has 236 valence electrons. The van der Waals surface area contributed by atoms with Crippen molar-refractivity contribution in [2.24, 2.45) is 0 Å². The fraction of sp³-hybridized carbons (Fsp3) is 0.364. The topological polar surface area (TPSA) is 128 Å². The smallest absolute Gasteiger partial charge is 0.383 e. The van der Waals surface area contributed by atoms with Crippen molar-refractivity contribution in [2.75, 3.05) is 11.1 Å². The highest BCUT2D eigenvalue weighted by molar-refractivity contribution is 6.06. The number of aryl methyl sites for hydroxylation is 1.